The number of hydrogen-bond acceptors (Lipinski definition) is 30. The maximum absolute atomic E-state index is 12.7. The first-order chi connectivity index (χ1) is 47.6. The molecule has 0 aromatic rings. The topological polar surface area (TPSA) is 640 Å². The van der Waals surface area contributed by atoms with Gasteiger partial charge in [-0.1, -0.05) is 6.92 Å². The summed E-state index contributed by atoms with van der Waals surface area (Å²) in [4.78, 5) is 129. The molecule has 590 valence electrons. The number of carbonyl (C=O) groups is 6. The largest absolute Gasteiger partial charge is 0.469 e. The van der Waals surface area contributed by atoms with E-state index in [-0.39, 0.29) is 173 Å². The summed E-state index contributed by atoms with van der Waals surface area (Å²) in [7, 11) is -14.8. The van der Waals surface area contributed by atoms with Gasteiger partial charge in [0.1, 0.15) is 73.2 Å². The lowest BCUT2D eigenvalue weighted by atomic mass is 9.94. The Balaban J connectivity index is 1.33. The fraction of sp³-hybridized carbons (Fsp3) is 0.893. The Bertz CT molecular complexity index is 2300. The van der Waals surface area contributed by atoms with Crippen LogP contribution in [0.1, 0.15) is 103 Å². The molecule has 3 heterocycles. The smallest absolute Gasteiger partial charge is 0.387 e. The molecule has 15 unspecified atom stereocenters. The maximum Gasteiger partial charge on any atom is 0.469 e. The van der Waals surface area contributed by atoms with Crippen LogP contribution in [0.3, 0.4) is 0 Å². The first kappa shape index (κ1) is 91.6. The number of unbranched alkanes of at least 4 members (excludes halogenated alkanes) is 3. The summed E-state index contributed by atoms with van der Waals surface area (Å²) in [5.41, 5.74) is -0.835. The van der Waals surface area contributed by atoms with Crippen LogP contribution in [0.15, 0.2) is 0 Å². The molecule has 42 nitrogen and oxygen atoms in total. The lowest BCUT2D eigenvalue weighted by molar-refractivity contribution is -0.300. The molecule has 3 fully saturated rings. The Morgan fingerprint density at radius 2 is 0.554 bits per heavy atom. The van der Waals surface area contributed by atoms with Gasteiger partial charge in [-0.25, -0.2) is 13.7 Å². The van der Waals surface area contributed by atoms with Crippen molar-refractivity contribution < 1.29 is 174 Å². The Labute approximate surface area is 582 Å². The first-order valence-electron chi connectivity index (χ1n) is 33.0. The van der Waals surface area contributed by atoms with E-state index in [1.54, 1.807) is 6.92 Å². The molecule has 3 saturated heterocycles. The molecule has 0 bridgehead atoms. The van der Waals surface area contributed by atoms with Crippen molar-refractivity contribution in [2.75, 3.05) is 119 Å². The van der Waals surface area contributed by atoms with Gasteiger partial charge >= 0.3 is 23.5 Å². The maximum atomic E-state index is 12.7. The van der Waals surface area contributed by atoms with E-state index in [0.717, 1.165) is 0 Å². The van der Waals surface area contributed by atoms with Crippen LogP contribution in [0, 0.1) is 5.41 Å². The molecule has 15 atom stereocenters. The second kappa shape index (κ2) is 48.6. The monoisotopic (exact) mass is 1530 g/mol. The van der Waals surface area contributed by atoms with Crippen LogP contribution in [0.5, 0.6) is 0 Å². The molecule has 0 aliphatic carbocycles. The molecular formula is C56H105N6O36P3. The third-order valence-electron chi connectivity index (χ3n) is 15.2. The number of nitrogens with one attached hydrogen (secondary N) is 6. The number of ether oxygens (including phenoxy) is 9. The van der Waals surface area contributed by atoms with Gasteiger partial charge in [-0.3, -0.25) is 42.3 Å². The summed E-state index contributed by atoms with van der Waals surface area (Å²) < 4.78 is 96.0. The van der Waals surface area contributed by atoms with Gasteiger partial charge in [-0.15, -0.1) is 0 Å². The summed E-state index contributed by atoms with van der Waals surface area (Å²) in [5.74, 6) is -1.84. The zero-order chi connectivity index (χ0) is 75.2. The van der Waals surface area contributed by atoms with Gasteiger partial charge in [0.2, 0.25) is 35.4 Å². The van der Waals surface area contributed by atoms with Crippen LogP contribution < -0.4 is 31.9 Å². The van der Waals surface area contributed by atoms with Crippen molar-refractivity contribution in [2.45, 2.75) is 195 Å². The second-order valence-electron chi connectivity index (χ2n) is 24.3. The van der Waals surface area contributed by atoms with E-state index in [9.17, 15) is 88.4 Å². The molecule has 3 aliphatic heterocycles. The minimum absolute atomic E-state index is 0.00142. The molecular weight excluding hydrogens is 1430 g/mol. The zero-order valence-electron chi connectivity index (χ0n) is 56.1. The van der Waals surface area contributed by atoms with Gasteiger partial charge in [0, 0.05) is 103 Å². The van der Waals surface area contributed by atoms with Gasteiger partial charge in [0.05, 0.1) is 59.5 Å². The summed E-state index contributed by atoms with van der Waals surface area (Å²) in [5, 5.41) is 108. The molecule has 6 amide bonds. The molecule has 101 heavy (non-hydrogen) atoms. The van der Waals surface area contributed by atoms with Gasteiger partial charge < -0.3 is 150 Å². The molecule has 0 aromatic carbocycles. The van der Waals surface area contributed by atoms with Gasteiger partial charge in [-0.05, 0) is 57.8 Å². The zero-order valence-corrected chi connectivity index (χ0v) is 58.8. The van der Waals surface area contributed by atoms with E-state index < -0.39 is 141 Å². The number of amides is 6. The number of aliphatic hydroxyl groups excluding tert-OH is 9. The summed E-state index contributed by atoms with van der Waals surface area (Å²) >= 11 is 0. The van der Waals surface area contributed by atoms with E-state index in [1.807, 2.05) is 0 Å². The van der Waals surface area contributed by atoms with E-state index in [4.69, 9.17) is 72.0 Å². The van der Waals surface area contributed by atoms with Crippen LogP contribution in [0.2, 0.25) is 0 Å². The van der Waals surface area contributed by atoms with E-state index in [2.05, 4.69) is 45.5 Å². The summed E-state index contributed by atoms with van der Waals surface area (Å²) in [6, 6.07) is 0. The van der Waals surface area contributed by atoms with E-state index in [0.29, 0.717) is 57.8 Å². The highest BCUT2D eigenvalue weighted by molar-refractivity contribution is 7.46. The predicted octanol–water partition coefficient (Wildman–Crippen LogP) is -6.61. The minimum atomic E-state index is -4.92. The van der Waals surface area contributed by atoms with Gasteiger partial charge in [0.15, 0.2) is 18.9 Å². The SMILES string of the molecule is CC(COCCC(=O)NCCCNC(=O)CCCCOC1OC(COP(=O)(O)O)C(O)C(O)C1O)(COCCC(=O)NCCCNC(=O)CCCCOC1OC(COP(=O)(O)O)C(O)C(O)C1O)COCCC(=O)NCCCNC(=O)CCCCOC1OC(COP(=O)(O)O)C(O)C(O)C1O. The van der Waals surface area contributed by atoms with Crippen LogP contribution in [0.4, 0.5) is 0 Å². The van der Waals surface area contributed by atoms with Crippen molar-refractivity contribution in [1.29, 1.82) is 0 Å². The minimum Gasteiger partial charge on any atom is -0.387 e. The Morgan fingerprint density at radius 1 is 0.327 bits per heavy atom. The Hall–Kier alpha value is -3.57. The highest BCUT2D eigenvalue weighted by Crippen LogP contribution is 2.39. The molecule has 0 saturated carbocycles. The standard InChI is InChI=1S/C56H105N6O36P3/c1-56(32-87-26-14-41(66)60-20-8-17-57-38(63)11-2-5-23-90-53-50(75)47(72)44(69)35(96-53)29-93-99(78,79)80,33-88-27-15-42(67)61-21-9-18-58-39(64)12-3-6-24-91-54-51(76)48(73)45(70)36(97-54)30-94-100(81,82)83)34-89-28-16-43(68)62-22-10-19-59-40(65)13-4-7-25-92-55-52(77)49(74)46(71)37(98-55)31-95-101(84,85)86/h35-37,44-55,69-77H,2-34H2,1H3,(H,57,63)(H,58,64)(H,59,65)(H,60,66)(H,61,67)(H,62,68)(H2,78,79,80)(H2,81,82,83)(H2,84,85,86). The number of phosphoric ester groups is 3. The van der Waals surface area contributed by atoms with E-state index in [1.165, 1.54) is 0 Å². The van der Waals surface area contributed by atoms with Crippen LogP contribution in [-0.2, 0) is 98.7 Å². The average molecular weight is 1530 g/mol. The molecule has 0 aromatic heterocycles. The molecule has 45 heteroatoms. The molecule has 3 rings (SSSR count). The van der Waals surface area contributed by atoms with Gasteiger partial charge in [0.25, 0.3) is 0 Å². The van der Waals surface area contributed by atoms with Crippen molar-refractivity contribution >= 4 is 58.9 Å². The number of carbonyl (C=O) groups excluding carboxylic acids is 6. The van der Waals surface area contributed by atoms with Crippen LogP contribution >= 0.6 is 23.5 Å². The molecule has 0 spiro atoms. The Morgan fingerprint density at radius 3 is 0.782 bits per heavy atom. The lowest BCUT2D eigenvalue weighted by Crippen LogP contribution is -2.59. The highest BCUT2D eigenvalue weighted by atomic mass is 31.2. The first-order valence-corrected chi connectivity index (χ1v) is 37.5. The fourth-order valence-electron chi connectivity index (χ4n) is 9.59. The van der Waals surface area contributed by atoms with Gasteiger partial charge in [-0.2, -0.15) is 0 Å². The van der Waals surface area contributed by atoms with Crippen molar-refractivity contribution in [3.8, 4) is 0 Å². The number of rotatable bonds is 54. The third kappa shape index (κ3) is 40.1. The predicted molar refractivity (Wildman–Crippen MR) is 340 cm³/mol. The fourth-order valence-corrected chi connectivity index (χ4v) is 10.6. The van der Waals surface area contributed by atoms with Crippen molar-refractivity contribution in [3.63, 3.8) is 0 Å². The number of hydrogen-bond donors (Lipinski definition) is 21. The molecule has 3 aliphatic rings. The van der Waals surface area contributed by atoms with Crippen LogP contribution in [0.25, 0.3) is 0 Å². The van der Waals surface area contributed by atoms with Crippen molar-refractivity contribution in [1.82, 2.24) is 31.9 Å². The third-order valence-corrected chi connectivity index (χ3v) is 16.7. The summed E-state index contributed by atoms with van der Waals surface area (Å²) in [6.45, 7) is 0.841. The second-order valence-corrected chi connectivity index (χ2v) is 28.0. The molecule has 0 radical (unpaired) electrons. The quantitative estimate of drug-likeness (QED) is 0.0199. The van der Waals surface area contributed by atoms with Crippen LogP contribution in [-0.4, -0.2) is 321 Å². The number of aliphatic hydroxyl groups is 9. The van der Waals surface area contributed by atoms with Crippen molar-refractivity contribution in [2.24, 2.45) is 5.41 Å². The molecule has 21 N–H and O–H groups in total. The average Bonchev–Trinajstić information content (AvgIpc) is 0.830. The lowest BCUT2D eigenvalue weighted by Gasteiger charge is -2.40. The summed E-state index contributed by atoms with van der Waals surface area (Å²) in [6.07, 6.45) is -20.6. The Kier molecular flexibility index (Phi) is 44.1. The highest BCUT2D eigenvalue weighted by Gasteiger charge is 2.48. The normalized spacial score (nSPS) is 26.3. The van der Waals surface area contributed by atoms with Crippen molar-refractivity contribution in [3.05, 3.63) is 0 Å². The number of phosphoric acid groups is 3. The van der Waals surface area contributed by atoms with E-state index >= 15 is 0 Å².